The number of hydrogen-bond donors (Lipinski definition) is 0. The van der Waals surface area contributed by atoms with Crippen LogP contribution in [0.1, 0.15) is 0 Å². The molecule has 0 aliphatic heterocycles. The second-order valence-electron chi connectivity index (χ2n) is 3.30. The summed E-state index contributed by atoms with van der Waals surface area (Å²) in [5.41, 5.74) is 0. The number of benzene rings is 1. The number of rotatable bonds is 6. The molecule has 0 amide bonds. The Balaban J connectivity index is 0.00000361. The second-order valence-corrected chi connectivity index (χ2v) is 5.99. The van der Waals surface area contributed by atoms with Crippen LogP contribution in [0.2, 0.25) is 10.0 Å². The van der Waals surface area contributed by atoms with Crippen molar-refractivity contribution in [3.05, 3.63) is 28.2 Å². The van der Waals surface area contributed by atoms with E-state index in [0.29, 0.717) is 5.02 Å². The van der Waals surface area contributed by atoms with Crippen molar-refractivity contribution in [1.82, 2.24) is 0 Å². The van der Waals surface area contributed by atoms with E-state index < -0.39 is 26.5 Å². The van der Waals surface area contributed by atoms with Crippen LogP contribution in [-0.4, -0.2) is 26.0 Å². The van der Waals surface area contributed by atoms with Crippen LogP contribution < -0.4 is 39.2 Å². The van der Waals surface area contributed by atoms with Gasteiger partial charge in [-0.2, -0.15) is 0 Å². The predicted molar refractivity (Wildman–Crippen MR) is 67.5 cm³/mol. The Morgan fingerprint density at radius 1 is 1.40 bits per heavy atom. The van der Waals surface area contributed by atoms with Gasteiger partial charge in [-0.3, -0.25) is 0 Å². The first-order valence-electron chi connectivity index (χ1n) is 4.93. The van der Waals surface area contributed by atoms with Gasteiger partial charge in [0.1, 0.15) is 5.75 Å². The summed E-state index contributed by atoms with van der Waals surface area (Å²) in [6.45, 7) is -0.481. The van der Waals surface area contributed by atoms with Gasteiger partial charge >= 0.3 is 35.5 Å². The van der Waals surface area contributed by atoms with Gasteiger partial charge in [-0.25, -0.2) is 4.79 Å². The Morgan fingerprint density at radius 3 is 2.60 bits per heavy atom. The van der Waals surface area contributed by atoms with Gasteiger partial charge in [-0.1, -0.05) is 23.2 Å². The molecule has 0 fully saturated rings. The van der Waals surface area contributed by atoms with Crippen LogP contribution in [0.3, 0.4) is 0 Å². The topological polar surface area (TPSA) is 84.9 Å². The fourth-order valence-corrected chi connectivity index (χ4v) is 1.84. The van der Waals surface area contributed by atoms with Crippen LogP contribution in [0.4, 0.5) is 0 Å². The molecule has 0 N–H and O–H groups in total. The first kappa shape index (κ1) is 20.2. The largest absolute Gasteiger partial charge is 1.00 e. The van der Waals surface area contributed by atoms with E-state index in [1.807, 2.05) is 0 Å². The van der Waals surface area contributed by atoms with E-state index in [-0.39, 0.29) is 40.3 Å². The fraction of sp³-hybridized carbons (Fsp3) is 0.300. The van der Waals surface area contributed by atoms with E-state index in [1.165, 1.54) is 18.2 Å². The molecule has 1 aromatic carbocycles. The minimum absolute atomic E-state index is 0. The second kappa shape index (κ2) is 9.28. The van der Waals surface area contributed by atoms with Crippen molar-refractivity contribution in [1.29, 1.82) is 0 Å². The Labute approximate surface area is 148 Å². The quantitative estimate of drug-likeness (QED) is 0.374. The van der Waals surface area contributed by atoms with Crippen LogP contribution in [0.15, 0.2) is 18.2 Å². The SMILES string of the molecule is COP(=O)([O-])COC(=O)COc1ccc(Cl)cc1Cl.[Na+]. The molecule has 1 aromatic rings. The third kappa shape index (κ3) is 7.29. The molecule has 6 nitrogen and oxygen atoms in total. The molecule has 0 aliphatic rings. The van der Waals surface area contributed by atoms with Gasteiger partial charge in [0.15, 0.2) is 20.6 Å². The fourth-order valence-electron chi connectivity index (χ4n) is 0.974. The molecule has 0 heterocycles. The van der Waals surface area contributed by atoms with Crippen molar-refractivity contribution in [3.8, 4) is 5.75 Å². The van der Waals surface area contributed by atoms with Gasteiger partial charge in [0, 0.05) is 12.1 Å². The molecule has 106 valence electrons. The Morgan fingerprint density at radius 2 is 2.05 bits per heavy atom. The third-order valence-corrected chi connectivity index (χ3v) is 3.43. The summed E-state index contributed by atoms with van der Waals surface area (Å²) in [4.78, 5) is 22.1. The van der Waals surface area contributed by atoms with Crippen molar-refractivity contribution >= 4 is 36.8 Å². The molecule has 0 bridgehead atoms. The average Bonchev–Trinajstić information content (AvgIpc) is 2.35. The van der Waals surface area contributed by atoms with Gasteiger partial charge < -0.3 is 23.5 Å². The van der Waals surface area contributed by atoms with Gasteiger partial charge in [-0.15, -0.1) is 0 Å². The summed E-state index contributed by atoms with van der Waals surface area (Å²) < 4.78 is 24.6. The molecule has 0 saturated heterocycles. The van der Waals surface area contributed by atoms with Crippen molar-refractivity contribution in [2.45, 2.75) is 0 Å². The minimum Gasteiger partial charge on any atom is -0.776 e. The standard InChI is InChI=1S/C10H11Cl2O6P.Na/c1-16-19(14,15)6-18-10(13)5-17-9-3-2-7(11)4-8(9)12;/h2-4H,5-6H2,1H3,(H,14,15);/q;+1/p-1. The summed E-state index contributed by atoms with van der Waals surface area (Å²) in [6.07, 6.45) is -0.847. The van der Waals surface area contributed by atoms with Crippen LogP contribution in [0.5, 0.6) is 5.75 Å². The van der Waals surface area contributed by atoms with E-state index in [0.717, 1.165) is 7.11 Å². The Kier molecular flexibility index (Phi) is 9.38. The maximum absolute atomic E-state index is 11.2. The molecule has 0 radical (unpaired) electrons. The molecule has 10 heteroatoms. The summed E-state index contributed by atoms with van der Waals surface area (Å²) in [6, 6.07) is 4.46. The number of carbonyl (C=O) groups excluding carboxylic acids is 1. The normalized spacial score (nSPS) is 13.0. The molecule has 1 atom stereocenters. The Hall–Kier alpha value is 0.220. The molecule has 20 heavy (non-hydrogen) atoms. The van der Waals surface area contributed by atoms with Gasteiger partial charge in [0.25, 0.3) is 0 Å². The average molecular weight is 351 g/mol. The maximum Gasteiger partial charge on any atom is 1.00 e. The van der Waals surface area contributed by atoms with Crippen molar-refractivity contribution in [3.63, 3.8) is 0 Å². The zero-order valence-corrected chi connectivity index (χ0v) is 15.2. The van der Waals surface area contributed by atoms with Crippen LogP contribution in [0, 0.1) is 0 Å². The van der Waals surface area contributed by atoms with E-state index in [4.69, 9.17) is 27.9 Å². The van der Waals surface area contributed by atoms with E-state index >= 15 is 0 Å². The number of carbonyl (C=O) groups is 1. The van der Waals surface area contributed by atoms with Crippen LogP contribution in [-0.2, 0) is 18.6 Å². The molecule has 1 rings (SSSR count). The van der Waals surface area contributed by atoms with Gasteiger partial charge in [0.05, 0.1) is 5.02 Å². The van der Waals surface area contributed by atoms with Crippen molar-refractivity contribution < 1.29 is 57.8 Å². The summed E-state index contributed by atoms with van der Waals surface area (Å²) in [7, 11) is -3.15. The van der Waals surface area contributed by atoms with E-state index in [2.05, 4.69) is 9.26 Å². The van der Waals surface area contributed by atoms with E-state index in [9.17, 15) is 14.3 Å². The number of ether oxygens (including phenoxy) is 2. The summed E-state index contributed by atoms with van der Waals surface area (Å²) in [5.74, 6) is -0.626. The smallest absolute Gasteiger partial charge is 0.776 e. The molecule has 0 spiro atoms. The molecule has 0 aliphatic carbocycles. The monoisotopic (exact) mass is 350 g/mol. The number of hydrogen-bond acceptors (Lipinski definition) is 6. The predicted octanol–water partition coefficient (Wildman–Crippen LogP) is -0.923. The minimum atomic E-state index is -4.13. The molecular weight excluding hydrogens is 341 g/mol. The number of halogens is 2. The van der Waals surface area contributed by atoms with Gasteiger partial charge in [-0.05, 0) is 18.2 Å². The molecule has 0 aromatic heterocycles. The summed E-state index contributed by atoms with van der Waals surface area (Å²) >= 11 is 11.5. The van der Waals surface area contributed by atoms with E-state index in [1.54, 1.807) is 0 Å². The van der Waals surface area contributed by atoms with Crippen molar-refractivity contribution in [2.24, 2.45) is 0 Å². The molecular formula is C10H10Cl2NaO6P. The molecule has 0 saturated carbocycles. The zero-order valence-electron chi connectivity index (χ0n) is 10.8. The Bertz CT molecular complexity index is 513. The van der Waals surface area contributed by atoms with Crippen LogP contribution >= 0.6 is 30.8 Å². The first-order chi connectivity index (χ1) is 8.84. The zero-order chi connectivity index (χ0) is 14.5. The first-order valence-corrected chi connectivity index (χ1v) is 7.42. The number of esters is 1. The molecule has 1 unspecified atom stereocenters. The summed E-state index contributed by atoms with van der Waals surface area (Å²) in [5, 5.41) is 0.652. The third-order valence-electron chi connectivity index (χ3n) is 1.90. The van der Waals surface area contributed by atoms with Gasteiger partial charge in [0.2, 0.25) is 0 Å². The maximum atomic E-state index is 11.2. The van der Waals surface area contributed by atoms with Crippen LogP contribution in [0.25, 0.3) is 0 Å². The van der Waals surface area contributed by atoms with Crippen molar-refractivity contribution in [2.75, 3.05) is 20.1 Å².